The normalized spacial score (nSPS) is 12.2. The molecule has 1 unspecified atom stereocenters. The number of halogens is 3. The summed E-state index contributed by atoms with van der Waals surface area (Å²) in [7, 11) is 3.23. The van der Waals surface area contributed by atoms with E-state index in [0.29, 0.717) is 16.9 Å². The van der Waals surface area contributed by atoms with Crippen LogP contribution in [0.2, 0.25) is 5.02 Å². The summed E-state index contributed by atoms with van der Waals surface area (Å²) >= 11 is 6.07. The van der Waals surface area contributed by atoms with Crippen molar-refractivity contribution in [1.29, 1.82) is 0 Å². The van der Waals surface area contributed by atoms with Crippen LogP contribution >= 0.6 is 11.6 Å². The van der Waals surface area contributed by atoms with Crippen molar-refractivity contribution in [3.8, 4) is 5.75 Å². The highest BCUT2D eigenvalue weighted by Gasteiger charge is 2.20. The molecule has 1 atom stereocenters. The number of hydrogen-bond donors (Lipinski definition) is 1. The Bertz CT molecular complexity index is 619. The van der Waals surface area contributed by atoms with E-state index in [0.717, 1.165) is 0 Å². The van der Waals surface area contributed by atoms with E-state index >= 15 is 0 Å². The lowest BCUT2D eigenvalue weighted by Gasteiger charge is -2.21. The molecule has 0 aromatic heterocycles. The van der Waals surface area contributed by atoms with Crippen LogP contribution in [0.3, 0.4) is 0 Å². The maximum atomic E-state index is 13.5. The summed E-state index contributed by atoms with van der Waals surface area (Å²) < 4.78 is 31.9. The predicted molar refractivity (Wildman–Crippen MR) is 75.3 cm³/mol. The molecule has 2 nitrogen and oxygen atoms in total. The van der Waals surface area contributed by atoms with Crippen LogP contribution in [0.25, 0.3) is 0 Å². The van der Waals surface area contributed by atoms with Crippen molar-refractivity contribution in [2.24, 2.45) is 0 Å². The van der Waals surface area contributed by atoms with E-state index in [-0.39, 0.29) is 10.8 Å². The lowest BCUT2D eigenvalue weighted by Crippen LogP contribution is -2.19. The summed E-state index contributed by atoms with van der Waals surface area (Å²) in [5.74, 6) is -0.259. The number of rotatable bonds is 4. The van der Waals surface area contributed by atoms with E-state index in [2.05, 4.69) is 5.32 Å². The summed E-state index contributed by atoms with van der Waals surface area (Å²) in [6.45, 7) is 0. The number of benzene rings is 2. The molecule has 0 bridgehead atoms. The second-order valence-electron chi connectivity index (χ2n) is 4.27. The Morgan fingerprint density at radius 2 is 1.70 bits per heavy atom. The highest BCUT2D eigenvalue weighted by atomic mass is 35.5. The van der Waals surface area contributed by atoms with E-state index in [1.54, 1.807) is 19.2 Å². The molecule has 20 heavy (non-hydrogen) atoms. The SMILES string of the molecule is CNC(c1ccc(F)cc1Cl)c1cc(F)ccc1OC. The first kappa shape index (κ1) is 14.8. The van der Waals surface area contributed by atoms with E-state index < -0.39 is 11.9 Å². The fourth-order valence-electron chi connectivity index (χ4n) is 2.14. The summed E-state index contributed by atoms with van der Waals surface area (Å²) in [6, 6.07) is 7.97. The Kier molecular flexibility index (Phi) is 4.57. The first-order valence-corrected chi connectivity index (χ1v) is 6.40. The largest absolute Gasteiger partial charge is 0.496 e. The molecule has 2 aromatic rings. The zero-order valence-corrected chi connectivity index (χ0v) is 11.8. The molecule has 0 radical (unpaired) electrons. The predicted octanol–water partition coefficient (Wildman–Crippen LogP) is 3.94. The molecule has 0 heterocycles. The molecule has 5 heteroatoms. The third-order valence-electron chi connectivity index (χ3n) is 3.06. The highest BCUT2D eigenvalue weighted by Crippen LogP contribution is 2.34. The van der Waals surface area contributed by atoms with Crippen molar-refractivity contribution >= 4 is 11.6 Å². The molecule has 1 N–H and O–H groups in total. The van der Waals surface area contributed by atoms with Crippen molar-refractivity contribution in [2.45, 2.75) is 6.04 Å². The molecule has 0 fully saturated rings. The average Bonchev–Trinajstić information content (AvgIpc) is 2.42. The van der Waals surface area contributed by atoms with Gasteiger partial charge in [0.15, 0.2) is 0 Å². The van der Waals surface area contributed by atoms with Crippen LogP contribution in [0.15, 0.2) is 36.4 Å². The minimum atomic E-state index is -0.417. The number of hydrogen-bond acceptors (Lipinski definition) is 2. The first-order chi connectivity index (χ1) is 9.56. The molecule has 0 amide bonds. The minimum Gasteiger partial charge on any atom is -0.496 e. The molecule has 2 aromatic carbocycles. The van der Waals surface area contributed by atoms with Crippen molar-refractivity contribution in [3.63, 3.8) is 0 Å². The van der Waals surface area contributed by atoms with E-state index in [4.69, 9.17) is 16.3 Å². The third kappa shape index (κ3) is 2.92. The Morgan fingerprint density at radius 3 is 2.30 bits per heavy atom. The Hall–Kier alpha value is -1.65. The summed E-state index contributed by atoms with van der Waals surface area (Å²) in [4.78, 5) is 0. The maximum Gasteiger partial charge on any atom is 0.124 e. The molecule has 0 aliphatic heterocycles. The number of methoxy groups -OCH3 is 1. The lowest BCUT2D eigenvalue weighted by atomic mass is 9.97. The Morgan fingerprint density at radius 1 is 1.05 bits per heavy atom. The first-order valence-electron chi connectivity index (χ1n) is 6.02. The van der Waals surface area contributed by atoms with Gasteiger partial charge in [0.2, 0.25) is 0 Å². The van der Waals surface area contributed by atoms with Gasteiger partial charge < -0.3 is 10.1 Å². The molecule has 0 saturated heterocycles. The van der Waals surface area contributed by atoms with Crippen molar-refractivity contribution < 1.29 is 13.5 Å². The van der Waals surface area contributed by atoms with Gasteiger partial charge in [0.1, 0.15) is 17.4 Å². The van der Waals surface area contributed by atoms with Gasteiger partial charge in [-0.3, -0.25) is 0 Å². The quantitative estimate of drug-likeness (QED) is 0.923. The van der Waals surface area contributed by atoms with E-state index in [9.17, 15) is 8.78 Å². The standard InChI is InChI=1S/C15H14ClF2NO/c1-19-15(11-5-3-10(18)8-13(11)16)12-7-9(17)4-6-14(12)20-2/h3-8,15,19H,1-2H3. The van der Waals surface area contributed by atoms with Crippen LogP contribution < -0.4 is 10.1 Å². The molecule has 0 spiro atoms. The van der Waals surface area contributed by atoms with Gasteiger partial charge in [0, 0.05) is 10.6 Å². The zero-order chi connectivity index (χ0) is 14.7. The maximum absolute atomic E-state index is 13.5. The molecule has 0 saturated carbocycles. The summed E-state index contributed by atoms with van der Waals surface area (Å²) in [6.07, 6.45) is 0. The second-order valence-corrected chi connectivity index (χ2v) is 4.68. The van der Waals surface area contributed by atoms with Crippen LogP contribution in [0.4, 0.5) is 8.78 Å². The van der Waals surface area contributed by atoms with E-state index in [1.165, 1.54) is 31.4 Å². The van der Waals surface area contributed by atoms with Crippen molar-refractivity contribution in [1.82, 2.24) is 5.32 Å². The Balaban J connectivity index is 2.54. The lowest BCUT2D eigenvalue weighted by molar-refractivity contribution is 0.404. The fraction of sp³-hybridized carbons (Fsp3) is 0.200. The summed E-state index contributed by atoms with van der Waals surface area (Å²) in [5, 5.41) is 3.32. The van der Waals surface area contributed by atoms with Crippen molar-refractivity contribution in [3.05, 3.63) is 64.2 Å². The van der Waals surface area contributed by atoms with Crippen LogP contribution in [0.5, 0.6) is 5.75 Å². The average molecular weight is 298 g/mol. The minimum absolute atomic E-state index is 0.274. The Labute approximate surface area is 121 Å². The van der Waals surface area contributed by atoms with Gasteiger partial charge in [-0.05, 0) is 42.9 Å². The van der Waals surface area contributed by atoms with Crippen LogP contribution in [0.1, 0.15) is 17.2 Å². The fourth-order valence-corrected chi connectivity index (χ4v) is 2.42. The summed E-state index contributed by atoms with van der Waals surface area (Å²) in [5.41, 5.74) is 1.25. The van der Waals surface area contributed by atoms with Gasteiger partial charge >= 0.3 is 0 Å². The highest BCUT2D eigenvalue weighted by molar-refractivity contribution is 6.31. The molecule has 106 valence electrons. The smallest absolute Gasteiger partial charge is 0.124 e. The molecule has 2 rings (SSSR count). The molecular weight excluding hydrogens is 284 g/mol. The van der Waals surface area contributed by atoms with Crippen LogP contribution in [0, 0.1) is 11.6 Å². The molecular formula is C15H14ClF2NO. The zero-order valence-electron chi connectivity index (χ0n) is 11.1. The van der Waals surface area contributed by atoms with Gasteiger partial charge in [-0.1, -0.05) is 17.7 Å². The van der Waals surface area contributed by atoms with Gasteiger partial charge in [-0.15, -0.1) is 0 Å². The van der Waals surface area contributed by atoms with Crippen LogP contribution in [-0.4, -0.2) is 14.2 Å². The topological polar surface area (TPSA) is 21.3 Å². The monoisotopic (exact) mass is 297 g/mol. The van der Waals surface area contributed by atoms with Crippen LogP contribution in [-0.2, 0) is 0 Å². The van der Waals surface area contributed by atoms with Crippen molar-refractivity contribution in [2.75, 3.05) is 14.2 Å². The molecule has 0 aliphatic carbocycles. The molecule has 0 aliphatic rings. The number of nitrogens with one attached hydrogen (secondary N) is 1. The van der Waals surface area contributed by atoms with Gasteiger partial charge in [-0.2, -0.15) is 0 Å². The van der Waals surface area contributed by atoms with Gasteiger partial charge in [0.25, 0.3) is 0 Å². The second kappa shape index (κ2) is 6.20. The van der Waals surface area contributed by atoms with E-state index in [1.807, 2.05) is 0 Å². The number of ether oxygens (including phenoxy) is 1. The third-order valence-corrected chi connectivity index (χ3v) is 3.39. The van der Waals surface area contributed by atoms with Gasteiger partial charge in [-0.25, -0.2) is 8.78 Å². The van der Waals surface area contributed by atoms with Gasteiger partial charge in [0.05, 0.1) is 13.2 Å².